The van der Waals surface area contributed by atoms with Gasteiger partial charge in [0.1, 0.15) is 17.2 Å². The van der Waals surface area contributed by atoms with Gasteiger partial charge in [-0.15, -0.1) is 0 Å². The molecule has 0 spiro atoms. The molecule has 2 aromatic carbocycles. The zero-order valence-corrected chi connectivity index (χ0v) is 19.6. The van der Waals surface area contributed by atoms with Crippen molar-refractivity contribution >= 4 is 33.8 Å². The first kappa shape index (κ1) is 23.3. The molecule has 0 aliphatic carbocycles. The predicted molar refractivity (Wildman–Crippen MR) is 130 cm³/mol. The second-order valence-electron chi connectivity index (χ2n) is 9.12. The number of carbonyl (C=O) groups is 2. The van der Waals surface area contributed by atoms with E-state index >= 15 is 0 Å². The molecule has 7 heteroatoms. The molecule has 4 aromatic rings. The fraction of sp³-hybridized carbons (Fsp3) is 0.296. The van der Waals surface area contributed by atoms with Crippen LogP contribution >= 0.6 is 0 Å². The molecule has 0 bridgehead atoms. The average molecular weight is 462 g/mol. The maximum absolute atomic E-state index is 12.7. The molecular formula is C27H27NO6. The van der Waals surface area contributed by atoms with Crippen LogP contribution in [-0.2, 0) is 16.0 Å². The molecule has 1 amide bonds. The maximum atomic E-state index is 12.7. The van der Waals surface area contributed by atoms with Crippen LogP contribution in [0.4, 0.5) is 0 Å². The quantitative estimate of drug-likeness (QED) is 0.376. The SMILES string of the molecule is Cc1ccc(-c2coc3cc4oc(=O)c(CC(=O)NC(CC(C)C)C(=O)O)c(C)c4cc23)cc1. The predicted octanol–water partition coefficient (Wildman–Crippen LogP) is 4.98. The lowest BCUT2D eigenvalue weighted by molar-refractivity contribution is -0.142. The van der Waals surface area contributed by atoms with Crippen LogP contribution in [0.5, 0.6) is 0 Å². The highest BCUT2D eigenvalue weighted by Gasteiger charge is 2.23. The Labute approximate surface area is 196 Å². The minimum Gasteiger partial charge on any atom is -0.480 e. The van der Waals surface area contributed by atoms with Crippen molar-refractivity contribution in [1.82, 2.24) is 5.32 Å². The van der Waals surface area contributed by atoms with Crippen molar-refractivity contribution in [3.63, 3.8) is 0 Å². The summed E-state index contributed by atoms with van der Waals surface area (Å²) >= 11 is 0. The second kappa shape index (κ2) is 9.17. The van der Waals surface area contributed by atoms with Crippen LogP contribution in [0.1, 0.15) is 37.0 Å². The van der Waals surface area contributed by atoms with Crippen LogP contribution < -0.4 is 10.9 Å². The van der Waals surface area contributed by atoms with Crippen molar-refractivity contribution in [3.8, 4) is 11.1 Å². The van der Waals surface area contributed by atoms with Gasteiger partial charge < -0.3 is 19.3 Å². The summed E-state index contributed by atoms with van der Waals surface area (Å²) in [4.78, 5) is 36.8. The van der Waals surface area contributed by atoms with Gasteiger partial charge in [-0.3, -0.25) is 4.79 Å². The summed E-state index contributed by atoms with van der Waals surface area (Å²) in [7, 11) is 0. The van der Waals surface area contributed by atoms with E-state index in [2.05, 4.69) is 5.32 Å². The molecule has 1 atom stereocenters. The average Bonchev–Trinajstić information content (AvgIpc) is 3.18. The number of carboxylic acids is 1. The number of nitrogens with one attached hydrogen (secondary N) is 1. The molecular weight excluding hydrogens is 434 g/mol. The Hall–Kier alpha value is -3.87. The summed E-state index contributed by atoms with van der Waals surface area (Å²) in [5, 5.41) is 13.5. The summed E-state index contributed by atoms with van der Waals surface area (Å²) in [5.74, 6) is -1.54. The van der Waals surface area contributed by atoms with Gasteiger partial charge >= 0.3 is 11.6 Å². The summed E-state index contributed by atoms with van der Waals surface area (Å²) in [5.41, 5.74) is 4.24. The topological polar surface area (TPSA) is 110 Å². The first-order chi connectivity index (χ1) is 16.1. The molecule has 1 unspecified atom stereocenters. The highest BCUT2D eigenvalue weighted by Crippen LogP contribution is 2.34. The molecule has 7 nitrogen and oxygen atoms in total. The Morgan fingerprint density at radius 2 is 1.74 bits per heavy atom. The molecule has 176 valence electrons. The molecule has 4 rings (SSSR count). The van der Waals surface area contributed by atoms with Crippen LogP contribution in [0.3, 0.4) is 0 Å². The maximum Gasteiger partial charge on any atom is 0.340 e. The number of aryl methyl sites for hydroxylation is 2. The van der Waals surface area contributed by atoms with Crippen molar-refractivity contribution in [2.45, 2.75) is 46.6 Å². The van der Waals surface area contributed by atoms with Crippen LogP contribution in [0.15, 0.2) is 56.3 Å². The Balaban J connectivity index is 1.72. The van der Waals surface area contributed by atoms with Crippen molar-refractivity contribution in [1.29, 1.82) is 0 Å². The highest BCUT2D eigenvalue weighted by molar-refractivity contribution is 6.02. The Bertz CT molecular complexity index is 1440. The van der Waals surface area contributed by atoms with E-state index in [9.17, 15) is 19.5 Å². The van der Waals surface area contributed by atoms with Gasteiger partial charge in [0, 0.05) is 22.4 Å². The number of carbonyl (C=O) groups excluding carboxylic acids is 1. The zero-order chi connectivity index (χ0) is 24.6. The molecule has 2 heterocycles. The molecule has 0 radical (unpaired) electrons. The third-order valence-electron chi connectivity index (χ3n) is 6.02. The zero-order valence-electron chi connectivity index (χ0n) is 19.6. The molecule has 2 N–H and O–H groups in total. The summed E-state index contributed by atoms with van der Waals surface area (Å²) in [6, 6.07) is 10.7. The highest BCUT2D eigenvalue weighted by atomic mass is 16.4. The Morgan fingerprint density at radius 3 is 2.38 bits per heavy atom. The summed E-state index contributed by atoms with van der Waals surface area (Å²) in [6.45, 7) is 7.55. The second-order valence-corrected chi connectivity index (χ2v) is 9.12. The van der Waals surface area contributed by atoms with Gasteiger partial charge in [-0.1, -0.05) is 43.7 Å². The Kier molecular flexibility index (Phi) is 6.28. The van der Waals surface area contributed by atoms with Gasteiger partial charge in [0.25, 0.3) is 0 Å². The molecule has 0 fully saturated rings. The van der Waals surface area contributed by atoms with E-state index in [0.29, 0.717) is 28.5 Å². The van der Waals surface area contributed by atoms with Gasteiger partial charge in [-0.2, -0.15) is 0 Å². The number of furan rings is 1. The van der Waals surface area contributed by atoms with Crippen LogP contribution in [0.2, 0.25) is 0 Å². The lowest BCUT2D eigenvalue weighted by Crippen LogP contribution is -2.42. The number of rotatable bonds is 7. The van der Waals surface area contributed by atoms with Crippen molar-refractivity contribution < 1.29 is 23.5 Å². The number of fused-ring (bicyclic) bond motifs is 2. The van der Waals surface area contributed by atoms with Crippen molar-refractivity contribution in [2.24, 2.45) is 5.92 Å². The third kappa shape index (κ3) is 4.59. The normalized spacial score (nSPS) is 12.4. The van der Waals surface area contributed by atoms with E-state index in [0.717, 1.165) is 22.1 Å². The minimum absolute atomic E-state index is 0.0916. The number of carboxylic acid groups (broad SMARTS) is 1. The molecule has 0 saturated heterocycles. The molecule has 0 saturated carbocycles. The number of amides is 1. The van der Waals surface area contributed by atoms with E-state index in [1.807, 2.05) is 51.1 Å². The van der Waals surface area contributed by atoms with E-state index in [1.165, 1.54) is 0 Å². The van der Waals surface area contributed by atoms with Gasteiger partial charge in [0.15, 0.2) is 0 Å². The van der Waals surface area contributed by atoms with Gasteiger partial charge in [0.2, 0.25) is 5.91 Å². The monoisotopic (exact) mass is 461 g/mol. The lowest BCUT2D eigenvalue weighted by Gasteiger charge is -2.16. The number of hydrogen-bond donors (Lipinski definition) is 2. The van der Waals surface area contributed by atoms with E-state index in [-0.39, 0.29) is 17.9 Å². The number of benzene rings is 2. The fourth-order valence-electron chi connectivity index (χ4n) is 4.17. The molecule has 0 aliphatic heterocycles. The summed E-state index contributed by atoms with van der Waals surface area (Å²) in [6.07, 6.45) is 1.71. The van der Waals surface area contributed by atoms with E-state index < -0.39 is 23.5 Å². The number of aliphatic carboxylic acids is 1. The lowest BCUT2D eigenvalue weighted by atomic mass is 9.98. The van der Waals surface area contributed by atoms with Crippen LogP contribution in [0, 0.1) is 19.8 Å². The van der Waals surface area contributed by atoms with Gasteiger partial charge in [0.05, 0.1) is 18.2 Å². The first-order valence-electron chi connectivity index (χ1n) is 11.2. The Morgan fingerprint density at radius 1 is 1.03 bits per heavy atom. The molecule has 0 aliphatic rings. The standard InChI is InChI=1S/C27H27NO6/c1-14(2)9-22(26(30)31)28-25(29)11-19-16(4)18-10-20-21(17-7-5-15(3)6-8-17)13-33-23(20)12-24(18)34-27(19)32/h5-8,10,12-14,22H,9,11H2,1-4H3,(H,28,29)(H,30,31). The van der Waals surface area contributed by atoms with Crippen molar-refractivity contribution in [2.75, 3.05) is 0 Å². The third-order valence-corrected chi connectivity index (χ3v) is 6.02. The smallest absolute Gasteiger partial charge is 0.340 e. The number of hydrogen-bond acceptors (Lipinski definition) is 5. The van der Waals surface area contributed by atoms with Gasteiger partial charge in [-0.25, -0.2) is 9.59 Å². The van der Waals surface area contributed by atoms with E-state index in [1.54, 1.807) is 19.3 Å². The fourth-order valence-corrected chi connectivity index (χ4v) is 4.17. The first-order valence-corrected chi connectivity index (χ1v) is 11.2. The summed E-state index contributed by atoms with van der Waals surface area (Å²) < 4.78 is 11.3. The molecule has 34 heavy (non-hydrogen) atoms. The minimum atomic E-state index is -1.10. The van der Waals surface area contributed by atoms with Crippen LogP contribution in [-0.4, -0.2) is 23.0 Å². The van der Waals surface area contributed by atoms with E-state index in [4.69, 9.17) is 8.83 Å². The molecule has 2 aromatic heterocycles. The van der Waals surface area contributed by atoms with Crippen molar-refractivity contribution in [3.05, 3.63) is 69.8 Å². The van der Waals surface area contributed by atoms with Crippen LogP contribution in [0.25, 0.3) is 33.1 Å². The van der Waals surface area contributed by atoms with Gasteiger partial charge in [-0.05, 0) is 43.4 Å². The largest absolute Gasteiger partial charge is 0.480 e.